The normalized spacial score (nSPS) is 12.9. The van der Waals surface area contributed by atoms with E-state index in [1.165, 1.54) is 10.9 Å². The van der Waals surface area contributed by atoms with E-state index < -0.39 is 0 Å². The number of benzene rings is 1. The summed E-state index contributed by atoms with van der Waals surface area (Å²) in [6, 6.07) is 10.7. The second kappa shape index (κ2) is 5.79. The summed E-state index contributed by atoms with van der Waals surface area (Å²) >= 11 is 9.12. The zero-order valence-corrected chi connectivity index (χ0v) is 12.8. The SMILES string of the molecule is NNC(Cc1ccc(Cl)s1)c1cc2cc(F)ccc2s1. The van der Waals surface area contributed by atoms with E-state index in [0.717, 1.165) is 25.7 Å². The van der Waals surface area contributed by atoms with Crippen molar-refractivity contribution in [3.63, 3.8) is 0 Å². The molecule has 0 saturated heterocycles. The van der Waals surface area contributed by atoms with Crippen LogP contribution in [0.5, 0.6) is 0 Å². The fraction of sp³-hybridized carbons (Fsp3) is 0.143. The van der Waals surface area contributed by atoms with E-state index in [4.69, 9.17) is 17.4 Å². The lowest BCUT2D eigenvalue weighted by molar-refractivity contribution is 0.564. The first-order valence-corrected chi connectivity index (χ1v) is 8.06. The van der Waals surface area contributed by atoms with Gasteiger partial charge < -0.3 is 0 Å². The zero-order valence-electron chi connectivity index (χ0n) is 10.4. The van der Waals surface area contributed by atoms with Crippen molar-refractivity contribution >= 4 is 44.4 Å². The number of rotatable bonds is 4. The standard InChI is InChI=1S/C14H12ClFN2S2/c15-14-4-2-10(19-14)7-11(18-17)13-6-8-5-9(16)1-3-12(8)20-13/h1-6,11,18H,7,17H2. The van der Waals surface area contributed by atoms with Crippen molar-refractivity contribution in [3.05, 3.63) is 56.3 Å². The summed E-state index contributed by atoms with van der Waals surface area (Å²) in [7, 11) is 0. The van der Waals surface area contributed by atoms with E-state index in [1.807, 2.05) is 18.2 Å². The zero-order chi connectivity index (χ0) is 14.1. The third-order valence-electron chi connectivity index (χ3n) is 3.08. The smallest absolute Gasteiger partial charge is 0.123 e. The highest BCUT2D eigenvalue weighted by Gasteiger charge is 2.15. The van der Waals surface area contributed by atoms with E-state index in [1.54, 1.807) is 34.8 Å². The molecule has 2 aromatic heterocycles. The van der Waals surface area contributed by atoms with Crippen LogP contribution in [-0.2, 0) is 6.42 Å². The second-order valence-corrected chi connectivity index (χ2v) is 7.38. The number of hydrogen-bond donors (Lipinski definition) is 2. The molecule has 3 aromatic rings. The Morgan fingerprint density at radius 1 is 1.20 bits per heavy atom. The number of nitrogens with one attached hydrogen (secondary N) is 1. The Morgan fingerprint density at radius 3 is 2.75 bits per heavy atom. The second-order valence-electron chi connectivity index (χ2n) is 4.46. The lowest BCUT2D eigenvalue weighted by Crippen LogP contribution is -2.28. The van der Waals surface area contributed by atoms with E-state index >= 15 is 0 Å². The third kappa shape index (κ3) is 2.87. The van der Waals surface area contributed by atoms with Gasteiger partial charge in [0.05, 0.1) is 10.4 Å². The minimum atomic E-state index is -0.218. The van der Waals surface area contributed by atoms with Gasteiger partial charge in [-0.3, -0.25) is 11.3 Å². The first kappa shape index (κ1) is 14.0. The van der Waals surface area contributed by atoms with Crippen LogP contribution in [0, 0.1) is 5.82 Å². The van der Waals surface area contributed by atoms with Gasteiger partial charge in [-0.1, -0.05) is 11.6 Å². The van der Waals surface area contributed by atoms with E-state index in [-0.39, 0.29) is 11.9 Å². The monoisotopic (exact) mass is 326 g/mol. The van der Waals surface area contributed by atoms with Crippen LogP contribution in [0.3, 0.4) is 0 Å². The average Bonchev–Trinajstić information content (AvgIpc) is 3.01. The van der Waals surface area contributed by atoms with Crippen molar-refractivity contribution in [1.82, 2.24) is 5.43 Å². The van der Waals surface area contributed by atoms with Crippen LogP contribution in [-0.4, -0.2) is 0 Å². The Balaban J connectivity index is 1.90. The molecule has 3 rings (SSSR count). The van der Waals surface area contributed by atoms with Gasteiger partial charge in [0.2, 0.25) is 0 Å². The molecular formula is C14H12ClFN2S2. The highest BCUT2D eigenvalue weighted by atomic mass is 35.5. The van der Waals surface area contributed by atoms with Crippen LogP contribution in [0.15, 0.2) is 36.4 Å². The highest BCUT2D eigenvalue weighted by Crippen LogP contribution is 2.33. The minimum Gasteiger partial charge on any atom is -0.271 e. The van der Waals surface area contributed by atoms with E-state index in [9.17, 15) is 4.39 Å². The molecule has 20 heavy (non-hydrogen) atoms. The lowest BCUT2D eigenvalue weighted by atomic mass is 10.1. The van der Waals surface area contributed by atoms with Gasteiger partial charge in [-0.25, -0.2) is 4.39 Å². The Morgan fingerprint density at radius 2 is 2.05 bits per heavy atom. The summed E-state index contributed by atoms with van der Waals surface area (Å²) in [5.41, 5.74) is 2.83. The molecule has 0 aliphatic carbocycles. The maximum Gasteiger partial charge on any atom is 0.123 e. The number of thiophene rings is 2. The molecule has 6 heteroatoms. The first-order chi connectivity index (χ1) is 9.65. The predicted molar refractivity (Wildman–Crippen MR) is 84.9 cm³/mol. The fourth-order valence-electron chi connectivity index (χ4n) is 2.11. The predicted octanol–water partition coefficient (Wildman–Crippen LogP) is 4.50. The largest absolute Gasteiger partial charge is 0.271 e. The molecule has 0 spiro atoms. The van der Waals surface area contributed by atoms with E-state index in [0.29, 0.717) is 0 Å². The molecular weight excluding hydrogens is 315 g/mol. The Labute approximate surface area is 129 Å². The van der Waals surface area contributed by atoms with Crippen molar-refractivity contribution in [1.29, 1.82) is 0 Å². The van der Waals surface area contributed by atoms with Crippen LogP contribution in [0.25, 0.3) is 10.1 Å². The molecule has 0 fully saturated rings. The van der Waals surface area contributed by atoms with Crippen molar-refractivity contribution in [2.75, 3.05) is 0 Å². The quantitative estimate of drug-likeness (QED) is 0.547. The Hall–Kier alpha value is -0.980. The lowest BCUT2D eigenvalue weighted by Gasteiger charge is -2.12. The summed E-state index contributed by atoms with van der Waals surface area (Å²) in [5, 5.41) is 0.912. The van der Waals surface area contributed by atoms with Gasteiger partial charge in [0.25, 0.3) is 0 Å². The maximum absolute atomic E-state index is 13.2. The number of hydrazine groups is 1. The summed E-state index contributed by atoms with van der Waals surface area (Å²) in [6.07, 6.45) is 0.767. The molecule has 0 aliphatic heterocycles. The van der Waals surface area contributed by atoms with Gasteiger partial charge in [-0.05, 0) is 41.8 Å². The van der Waals surface area contributed by atoms with Gasteiger partial charge in [0.15, 0.2) is 0 Å². The highest BCUT2D eigenvalue weighted by molar-refractivity contribution is 7.19. The topological polar surface area (TPSA) is 38.0 Å². The Bertz CT molecular complexity index is 738. The molecule has 1 unspecified atom stereocenters. The molecule has 1 atom stereocenters. The molecule has 0 saturated carbocycles. The molecule has 2 heterocycles. The third-order valence-corrected chi connectivity index (χ3v) is 5.56. The number of hydrogen-bond acceptors (Lipinski definition) is 4. The van der Waals surface area contributed by atoms with Gasteiger partial charge in [0.1, 0.15) is 5.82 Å². The molecule has 0 bridgehead atoms. The maximum atomic E-state index is 13.2. The number of halogens is 2. The first-order valence-electron chi connectivity index (χ1n) is 6.05. The summed E-state index contributed by atoms with van der Waals surface area (Å²) in [5.74, 6) is 5.45. The van der Waals surface area contributed by atoms with Crippen LogP contribution < -0.4 is 11.3 Å². The number of fused-ring (bicyclic) bond motifs is 1. The van der Waals surface area contributed by atoms with Gasteiger partial charge in [0, 0.05) is 20.9 Å². The van der Waals surface area contributed by atoms with Gasteiger partial charge in [-0.2, -0.15) is 0 Å². The summed E-state index contributed by atoms with van der Waals surface area (Å²) in [6.45, 7) is 0. The van der Waals surface area contributed by atoms with Crippen molar-refractivity contribution in [2.45, 2.75) is 12.5 Å². The molecule has 1 aromatic carbocycles. The average molecular weight is 327 g/mol. The van der Waals surface area contributed by atoms with Crippen molar-refractivity contribution in [2.24, 2.45) is 5.84 Å². The molecule has 3 N–H and O–H groups in total. The van der Waals surface area contributed by atoms with Crippen molar-refractivity contribution < 1.29 is 4.39 Å². The Kier molecular flexibility index (Phi) is 4.05. The minimum absolute atomic E-state index is 0.00479. The van der Waals surface area contributed by atoms with E-state index in [2.05, 4.69) is 5.43 Å². The number of nitrogens with two attached hydrogens (primary N) is 1. The van der Waals surface area contributed by atoms with Crippen LogP contribution >= 0.6 is 34.3 Å². The van der Waals surface area contributed by atoms with Crippen molar-refractivity contribution in [3.8, 4) is 0 Å². The molecule has 0 aliphatic rings. The van der Waals surface area contributed by atoms with Gasteiger partial charge in [-0.15, -0.1) is 22.7 Å². The van der Waals surface area contributed by atoms with Crippen LogP contribution in [0.2, 0.25) is 4.34 Å². The fourth-order valence-corrected chi connectivity index (χ4v) is 4.35. The summed E-state index contributed by atoms with van der Waals surface area (Å²) < 4.78 is 15.1. The molecule has 0 amide bonds. The van der Waals surface area contributed by atoms with Crippen LogP contribution in [0.1, 0.15) is 15.8 Å². The van der Waals surface area contributed by atoms with Gasteiger partial charge >= 0.3 is 0 Å². The molecule has 0 radical (unpaired) electrons. The van der Waals surface area contributed by atoms with Crippen LogP contribution in [0.4, 0.5) is 4.39 Å². The summed E-state index contributed by atoms with van der Waals surface area (Å²) in [4.78, 5) is 2.26. The molecule has 104 valence electrons. The molecule has 2 nitrogen and oxygen atoms in total.